The molecule has 2 atom stereocenters. The third-order valence-corrected chi connectivity index (χ3v) is 3.28. The first kappa shape index (κ1) is 14.4. The molecule has 0 aromatic heterocycles. The highest BCUT2D eigenvalue weighted by Gasteiger charge is 2.20. The van der Waals surface area contributed by atoms with Gasteiger partial charge in [0.15, 0.2) is 0 Å². The fourth-order valence-corrected chi connectivity index (χ4v) is 2.31. The highest BCUT2D eigenvalue weighted by atomic mass is 35.5. The number of benzene rings is 1. The molecule has 1 saturated carbocycles. The summed E-state index contributed by atoms with van der Waals surface area (Å²) in [4.78, 5) is 0. The molecule has 1 aromatic rings. The summed E-state index contributed by atoms with van der Waals surface area (Å²) in [6.45, 7) is 0.704. The SMILES string of the molecule is Cl.NC1CCCCC1NCc1cccc(F)c1. The van der Waals surface area contributed by atoms with Crippen LogP contribution in [0.3, 0.4) is 0 Å². The van der Waals surface area contributed by atoms with E-state index in [0.717, 1.165) is 18.4 Å². The fraction of sp³-hybridized carbons (Fsp3) is 0.538. The lowest BCUT2D eigenvalue weighted by Crippen LogP contribution is -2.46. The molecule has 1 aliphatic rings. The molecule has 2 unspecified atom stereocenters. The van der Waals surface area contributed by atoms with Gasteiger partial charge in [0, 0.05) is 18.6 Å². The molecule has 2 nitrogen and oxygen atoms in total. The van der Waals surface area contributed by atoms with Gasteiger partial charge in [-0.15, -0.1) is 12.4 Å². The lowest BCUT2D eigenvalue weighted by atomic mass is 9.91. The van der Waals surface area contributed by atoms with Gasteiger partial charge in [-0.25, -0.2) is 4.39 Å². The summed E-state index contributed by atoms with van der Waals surface area (Å²) in [5, 5.41) is 3.42. The number of rotatable bonds is 3. The van der Waals surface area contributed by atoms with Gasteiger partial charge in [0.2, 0.25) is 0 Å². The second kappa shape index (κ2) is 6.94. The molecule has 0 amide bonds. The third kappa shape index (κ3) is 4.26. The highest BCUT2D eigenvalue weighted by molar-refractivity contribution is 5.85. The Labute approximate surface area is 108 Å². The highest BCUT2D eigenvalue weighted by Crippen LogP contribution is 2.17. The van der Waals surface area contributed by atoms with Crippen molar-refractivity contribution in [3.8, 4) is 0 Å². The summed E-state index contributed by atoms with van der Waals surface area (Å²) in [7, 11) is 0. The molecule has 1 fully saturated rings. The quantitative estimate of drug-likeness (QED) is 0.875. The van der Waals surface area contributed by atoms with E-state index < -0.39 is 0 Å². The van der Waals surface area contributed by atoms with E-state index >= 15 is 0 Å². The van der Waals surface area contributed by atoms with E-state index in [1.54, 1.807) is 12.1 Å². The van der Waals surface area contributed by atoms with E-state index in [4.69, 9.17) is 5.73 Å². The van der Waals surface area contributed by atoms with Gasteiger partial charge in [-0.3, -0.25) is 0 Å². The van der Waals surface area contributed by atoms with Crippen molar-refractivity contribution in [3.63, 3.8) is 0 Å². The molecule has 0 bridgehead atoms. The van der Waals surface area contributed by atoms with Crippen molar-refractivity contribution in [2.24, 2.45) is 5.73 Å². The molecule has 2 rings (SSSR count). The number of hydrogen-bond acceptors (Lipinski definition) is 2. The Kier molecular flexibility index (Phi) is 5.89. The zero-order chi connectivity index (χ0) is 11.4. The molecule has 0 aliphatic heterocycles. The third-order valence-electron chi connectivity index (χ3n) is 3.28. The number of nitrogens with two attached hydrogens (primary N) is 1. The predicted molar refractivity (Wildman–Crippen MR) is 70.7 cm³/mol. The number of hydrogen-bond donors (Lipinski definition) is 2. The lowest BCUT2D eigenvalue weighted by Gasteiger charge is -2.29. The summed E-state index contributed by atoms with van der Waals surface area (Å²) in [6.07, 6.45) is 4.71. The second-order valence-corrected chi connectivity index (χ2v) is 4.57. The predicted octanol–water partition coefficient (Wildman–Crippen LogP) is 2.61. The first-order valence-corrected chi connectivity index (χ1v) is 5.99. The van der Waals surface area contributed by atoms with E-state index in [9.17, 15) is 4.39 Å². The first-order valence-electron chi connectivity index (χ1n) is 5.99. The van der Waals surface area contributed by atoms with E-state index in [0.29, 0.717) is 12.6 Å². The average Bonchev–Trinajstić information content (AvgIpc) is 2.28. The van der Waals surface area contributed by atoms with Gasteiger partial charge in [-0.1, -0.05) is 25.0 Å². The minimum atomic E-state index is -0.174. The lowest BCUT2D eigenvalue weighted by molar-refractivity contribution is 0.326. The van der Waals surface area contributed by atoms with E-state index in [2.05, 4.69) is 5.32 Å². The summed E-state index contributed by atoms with van der Waals surface area (Å²) in [5.41, 5.74) is 7.02. The zero-order valence-electron chi connectivity index (χ0n) is 9.86. The maximum absolute atomic E-state index is 13.0. The summed E-state index contributed by atoms with van der Waals surface area (Å²) in [5.74, 6) is -0.174. The number of halogens is 2. The van der Waals surface area contributed by atoms with Crippen molar-refractivity contribution < 1.29 is 4.39 Å². The normalized spacial score (nSPS) is 24.1. The monoisotopic (exact) mass is 258 g/mol. The van der Waals surface area contributed by atoms with E-state index in [1.807, 2.05) is 6.07 Å². The van der Waals surface area contributed by atoms with Crippen LogP contribution in [0, 0.1) is 5.82 Å². The molecular formula is C13H20ClFN2. The molecule has 17 heavy (non-hydrogen) atoms. The van der Waals surface area contributed by atoms with Crippen molar-refractivity contribution in [1.82, 2.24) is 5.32 Å². The van der Waals surface area contributed by atoms with Gasteiger partial charge in [-0.05, 0) is 30.5 Å². The second-order valence-electron chi connectivity index (χ2n) is 4.57. The van der Waals surface area contributed by atoms with Gasteiger partial charge in [0.05, 0.1) is 0 Å². The Morgan fingerprint density at radius 2 is 2.06 bits per heavy atom. The van der Waals surface area contributed by atoms with Gasteiger partial charge in [0.25, 0.3) is 0 Å². The van der Waals surface area contributed by atoms with Crippen molar-refractivity contribution >= 4 is 12.4 Å². The van der Waals surface area contributed by atoms with Gasteiger partial charge in [0.1, 0.15) is 5.82 Å². The van der Waals surface area contributed by atoms with Crippen LogP contribution >= 0.6 is 12.4 Å². The smallest absolute Gasteiger partial charge is 0.123 e. The minimum Gasteiger partial charge on any atom is -0.326 e. The fourth-order valence-electron chi connectivity index (χ4n) is 2.31. The standard InChI is InChI=1S/C13H19FN2.ClH/c14-11-5-3-4-10(8-11)9-16-13-7-2-1-6-12(13)15;/h3-5,8,12-13,16H,1-2,6-7,9,15H2;1H. The zero-order valence-corrected chi connectivity index (χ0v) is 10.7. The van der Waals surface area contributed by atoms with Crippen LogP contribution < -0.4 is 11.1 Å². The minimum absolute atomic E-state index is 0. The van der Waals surface area contributed by atoms with Crippen LogP contribution in [0.1, 0.15) is 31.2 Å². The van der Waals surface area contributed by atoms with Crippen LogP contribution in [-0.4, -0.2) is 12.1 Å². The molecule has 0 heterocycles. The first-order chi connectivity index (χ1) is 7.75. The van der Waals surface area contributed by atoms with Crippen LogP contribution in [0.4, 0.5) is 4.39 Å². The summed E-state index contributed by atoms with van der Waals surface area (Å²) < 4.78 is 13.0. The summed E-state index contributed by atoms with van der Waals surface area (Å²) >= 11 is 0. The maximum atomic E-state index is 13.0. The average molecular weight is 259 g/mol. The van der Waals surface area contributed by atoms with Crippen molar-refractivity contribution in [3.05, 3.63) is 35.6 Å². The van der Waals surface area contributed by atoms with Crippen LogP contribution in [-0.2, 0) is 6.54 Å². The molecule has 1 aromatic carbocycles. The topological polar surface area (TPSA) is 38.0 Å². The van der Waals surface area contributed by atoms with Crippen LogP contribution in [0.15, 0.2) is 24.3 Å². The Balaban J connectivity index is 0.00000144. The van der Waals surface area contributed by atoms with Gasteiger partial charge >= 0.3 is 0 Å². The number of nitrogens with one attached hydrogen (secondary N) is 1. The Morgan fingerprint density at radius 1 is 1.29 bits per heavy atom. The van der Waals surface area contributed by atoms with Crippen LogP contribution in [0.2, 0.25) is 0 Å². The molecule has 4 heteroatoms. The Hall–Kier alpha value is -0.640. The Bertz CT molecular complexity index is 346. The van der Waals surface area contributed by atoms with Gasteiger partial charge < -0.3 is 11.1 Å². The molecule has 0 radical (unpaired) electrons. The largest absolute Gasteiger partial charge is 0.326 e. The summed E-state index contributed by atoms with van der Waals surface area (Å²) in [6, 6.07) is 7.36. The Morgan fingerprint density at radius 3 is 2.76 bits per heavy atom. The molecule has 1 aliphatic carbocycles. The van der Waals surface area contributed by atoms with E-state index in [1.165, 1.54) is 18.9 Å². The molecule has 0 saturated heterocycles. The molecule has 3 N–H and O–H groups in total. The van der Waals surface area contributed by atoms with Crippen LogP contribution in [0.25, 0.3) is 0 Å². The molecule has 0 spiro atoms. The van der Waals surface area contributed by atoms with Crippen molar-refractivity contribution in [2.75, 3.05) is 0 Å². The van der Waals surface area contributed by atoms with Crippen molar-refractivity contribution in [1.29, 1.82) is 0 Å². The molecular weight excluding hydrogens is 239 g/mol. The van der Waals surface area contributed by atoms with Crippen molar-refractivity contribution in [2.45, 2.75) is 44.3 Å². The van der Waals surface area contributed by atoms with Crippen LogP contribution in [0.5, 0.6) is 0 Å². The molecule has 96 valence electrons. The van der Waals surface area contributed by atoms with Gasteiger partial charge in [-0.2, -0.15) is 0 Å². The van der Waals surface area contributed by atoms with E-state index in [-0.39, 0.29) is 24.3 Å². The maximum Gasteiger partial charge on any atom is 0.123 e.